The van der Waals surface area contributed by atoms with Crippen molar-refractivity contribution in [3.8, 4) is 0 Å². The van der Waals surface area contributed by atoms with E-state index in [2.05, 4.69) is 34.8 Å². The first-order valence-electron chi connectivity index (χ1n) is 7.29. The minimum absolute atomic E-state index is 0.0616. The molecule has 1 amide bonds. The topological polar surface area (TPSA) is 66.4 Å². The molecule has 0 saturated heterocycles. The second-order valence-corrected chi connectivity index (χ2v) is 6.27. The Hall–Kier alpha value is -1.11. The van der Waals surface area contributed by atoms with E-state index in [-0.39, 0.29) is 12.3 Å². The number of nitrogens with one attached hydrogen (secondary N) is 1. The fourth-order valence-electron chi connectivity index (χ4n) is 2.30. The summed E-state index contributed by atoms with van der Waals surface area (Å²) >= 11 is 2.15. The van der Waals surface area contributed by atoms with Gasteiger partial charge >= 0.3 is 5.97 Å². The molecule has 4 nitrogen and oxygen atoms in total. The first-order chi connectivity index (χ1) is 10.0. The lowest BCUT2D eigenvalue weighted by Crippen LogP contribution is -2.26. The number of rotatable bonds is 9. The van der Waals surface area contributed by atoms with Crippen molar-refractivity contribution in [1.29, 1.82) is 0 Å². The van der Waals surface area contributed by atoms with E-state index < -0.39 is 5.97 Å². The maximum atomic E-state index is 12.1. The van der Waals surface area contributed by atoms with Gasteiger partial charge in [0, 0.05) is 16.5 Å². The summed E-state index contributed by atoms with van der Waals surface area (Å²) in [4.78, 5) is 22.7. The van der Waals surface area contributed by atoms with Crippen LogP contribution in [0.1, 0.15) is 49.4 Å². The normalized spacial score (nSPS) is 11.9. The Balaban J connectivity index is 2.41. The van der Waals surface area contributed by atoms with Gasteiger partial charge in [0.05, 0.1) is 5.56 Å². The van der Waals surface area contributed by atoms with Gasteiger partial charge in [0.1, 0.15) is 0 Å². The second-order valence-electron chi connectivity index (χ2n) is 5.11. The molecule has 5 heteroatoms. The van der Waals surface area contributed by atoms with Crippen molar-refractivity contribution >= 4 is 34.5 Å². The zero-order valence-electron chi connectivity index (χ0n) is 12.3. The fraction of sp³-hybridized carbons (Fsp3) is 0.500. The van der Waals surface area contributed by atoms with Crippen LogP contribution in [0.15, 0.2) is 24.3 Å². The molecule has 0 bridgehead atoms. The Morgan fingerprint density at radius 1 is 1.24 bits per heavy atom. The molecule has 1 atom stereocenters. The number of carboxylic acids is 1. The molecule has 2 N–H and O–H groups in total. The van der Waals surface area contributed by atoms with Gasteiger partial charge in [-0.3, -0.25) is 9.59 Å². The summed E-state index contributed by atoms with van der Waals surface area (Å²) in [7, 11) is 0. The van der Waals surface area contributed by atoms with Gasteiger partial charge in [0.2, 0.25) is 0 Å². The van der Waals surface area contributed by atoms with Crippen molar-refractivity contribution in [2.45, 2.75) is 39.0 Å². The standard InChI is InChI=1S/C16H22INO3/c1-2-5-12(8-9-15(19)20)10-11-18-16(21)13-6-3-4-7-14(13)17/h3-4,6-7,12H,2,5,8-11H2,1H3,(H,18,21)(H,19,20). The van der Waals surface area contributed by atoms with Crippen LogP contribution >= 0.6 is 22.6 Å². The highest BCUT2D eigenvalue weighted by Gasteiger charge is 2.12. The summed E-state index contributed by atoms with van der Waals surface area (Å²) < 4.78 is 0.934. The number of aliphatic carboxylic acids is 1. The molecule has 0 aliphatic rings. The Bertz CT molecular complexity index is 476. The van der Waals surface area contributed by atoms with Gasteiger partial charge in [0.15, 0.2) is 0 Å². The number of hydrogen-bond acceptors (Lipinski definition) is 2. The third-order valence-corrected chi connectivity index (χ3v) is 4.36. The monoisotopic (exact) mass is 403 g/mol. The molecule has 1 unspecified atom stereocenters. The van der Waals surface area contributed by atoms with E-state index in [4.69, 9.17) is 5.11 Å². The lowest BCUT2D eigenvalue weighted by Gasteiger charge is -2.15. The molecule has 0 fully saturated rings. The largest absolute Gasteiger partial charge is 0.481 e. The van der Waals surface area contributed by atoms with Crippen LogP contribution in [-0.4, -0.2) is 23.5 Å². The molecule has 0 aliphatic heterocycles. The first kappa shape index (κ1) is 17.9. The molecule has 0 aliphatic carbocycles. The second kappa shape index (κ2) is 9.76. The quantitative estimate of drug-likeness (QED) is 0.618. The molecule has 0 spiro atoms. The van der Waals surface area contributed by atoms with E-state index in [1.165, 1.54) is 0 Å². The summed E-state index contributed by atoms with van der Waals surface area (Å²) in [5.74, 6) is -0.450. The van der Waals surface area contributed by atoms with Crippen LogP contribution < -0.4 is 5.32 Å². The molecule has 0 radical (unpaired) electrons. The Morgan fingerprint density at radius 2 is 1.95 bits per heavy atom. The summed E-state index contributed by atoms with van der Waals surface area (Å²) in [6.07, 6.45) is 3.76. The summed E-state index contributed by atoms with van der Waals surface area (Å²) in [5, 5.41) is 11.7. The van der Waals surface area contributed by atoms with Crippen LogP contribution in [-0.2, 0) is 4.79 Å². The highest BCUT2D eigenvalue weighted by Crippen LogP contribution is 2.17. The maximum Gasteiger partial charge on any atom is 0.303 e. The minimum Gasteiger partial charge on any atom is -0.481 e. The summed E-state index contributed by atoms with van der Waals surface area (Å²) in [6.45, 7) is 2.69. The van der Waals surface area contributed by atoms with Gasteiger partial charge in [-0.15, -0.1) is 0 Å². The third-order valence-electron chi connectivity index (χ3n) is 3.42. The average Bonchev–Trinajstić information content (AvgIpc) is 2.45. The Morgan fingerprint density at radius 3 is 2.57 bits per heavy atom. The predicted molar refractivity (Wildman–Crippen MR) is 91.4 cm³/mol. The van der Waals surface area contributed by atoms with Crippen molar-refractivity contribution in [2.75, 3.05) is 6.54 Å². The van der Waals surface area contributed by atoms with Gasteiger partial charge in [-0.1, -0.05) is 31.9 Å². The van der Waals surface area contributed by atoms with Gasteiger partial charge in [-0.25, -0.2) is 0 Å². The molecule has 0 heterocycles. The van der Waals surface area contributed by atoms with Crippen molar-refractivity contribution in [1.82, 2.24) is 5.32 Å². The van der Waals surface area contributed by atoms with Gasteiger partial charge < -0.3 is 10.4 Å². The van der Waals surface area contributed by atoms with Crippen LogP contribution in [0.25, 0.3) is 0 Å². The average molecular weight is 403 g/mol. The number of hydrogen-bond donors (Lipinski definition) is 2. The smallest absolute Gasteiger partial charge is 0.303 e. The highest BCUT2D eigenvalue weighted by atomic mass is 127. The zero-order chi connectivity index (χ0) is 15.7. The molecule has 116 valence electrons. The van der Waals surface area contributed by atoms with E-state index in [0.717, 1.165) is 22.8 Å². The third kappa shape index (κ3) is 6.93. The van der Waals surface area contributed by atoms with E-state index in [0.29, 0.717) is 24.4 Å². The van der Waals surface area contributed by atoms with Crippen LogP contribution in [0.3, 0.4) is 0 Å². The summed E-state index contributed by atoms with van der Waals surface area (Å²) in [5.41, 5.74) is 0.690. The van der Waals surface area contributed by atoms with Gasteiger partial charge in [-0.2, -0.15) is 0 Å². The van der Waals surface area contributed by atoms with Crippen molar-refractivity contribution in [3.05, 3.63) is 33.4 Å². The molecule has 21 heavy (non-hydrogen) atoms. The molecule has 1 rings (SSSR count). The van der Waals surface area contributed by atoms with Crippen LogP contribution in [0.4, 0.5) is 0 Å². The first-order valence-corrected chi connectivity index (χ1v) is 8.37. The highest BCUT2D eigenvalue weighted by molar-refractivity contribution is 14.1. The van der Waals surface area contributed by atoms with E-state index in [1.807, 2.05) is 24.3 Å². The number of amides is 1. The SMILES string of the molecule is CCCC(CCNC(=O)c1ccccc1I)CCC(=O)O. The van der Waals surface area contributed by atoms with Crippen molar-refractivity contribution < 1.29 is 14.7 Å². The van der Waals surface area contributed by atoms with E-state index in [9.17, 15) is 9.59 Å². The lowest BCUT2D eigenvalue weighted by molar-refractivity contribution is -0.137. The van der Waals surface area contributed by atoms with E-state index >= 15 is 0 Å². The molecule has 1 aromatic rings. The predicted octanol–water partition coefficient (Wildman–Crippen LogP) is 3.69. The zero-order valence-corrected chi connectivity index (χ0v) is 14.4. The van der Waals surface area contributed by atoms with Gasteiger partial charge in [0.25, 0.3) is 5.91 Å². The Labute approximate surface area is 139 Å². The molecule has 0 aromatic heterocycles. The van der Waals surface area contributed by atoms with Gasteiger partial charge in [-0.05, 0) is 53.5 Å². The van der Waals surface area contributed by atoms with Crippen molar-refractivity contribution in [3.63, 3.8) is 0 Å². The number of carbonyl (C=O) groups excluding carboxylic acids is 1. The maximum absolute atomic E-state index is 12.1. The molecule has 0 saturated carbocycles. The number of benzene rings is 1. The minimum atomic E-state index is -0.751. The van der Waals surface area contributed by atoms with Crippen LogP contribution in [0.5, 0.6) is 0 Å². The van der Waals surface area contributed by atoms with Crippen molar-refractivity contribution in [2.24, 2.45) is 5.92 Å². The Kier molecular flexibility index (Phi) is 8.34. The van der Waals surface area contributed by atoms with Crippen LogP contribution in [0.2, 0.25) is 0 Å². The number of carbonyl (C=O) groups is 2. The summed E-state index contributed by atoms with van der Waals surface area (Å²) in [6, 6.07) is 7.47. The molecular formula is C16H22INO3. The molecular weight excluding hydrogens is 381 g/mol. The van der Waals surface area contributed by atoms with E-state index in [1.54, 1.807) is 0 Å². The van der Waals surface area contributed by atoms with Crippen LogP contribution in [0, 0.1) is 9.49 Å². The number of carboxylic acid groups (broad SMARTS) is 1. The number of halogens is 1. The lowest BCUT2D eigenvalue weighted by atomic mass is 9.94. The molecule has 1 aromatic carbocycles. The fourth-order valence-corrected chi connectivity index (χ4v) is 2.93.